The maximum Gasteiger partial charge on any atom is 0.192 e. The number of hydrogen-bond acceptors (Lipinski definition) is 2. The predicted octanol–water partition coefficient (Wildman–Crippen LogP) is 6.74. The maximum atomic E-state index is 6.64. The van der Waals surface area contributed by atoms with Crippen LogP contribution in [0.5, 0.6) is 0 Å². The van der Waals surface area contributed by atoms with Crippen molar-refractivity contribution in [1.82, 2.24) is 0 Å². The first-order valence-electron chi connectivity index (χ1n) is 8.58. The molecule has 0 saturated heterocycles. The van der Waals surface area contributed by atoms with Crippen LogP contribution in [0, 0.1) is 0 Å². The summed E-state index contributed by atoms with van der Waals surface area (Å²) in [5.41, 5.74) is 1.17. The second-order valence-corrected chi connectivity index (χ2v) is 19.8. The maximum absolute atomic E-state index is 6.64. The molecule has 0 aliphatic heterocycles. The SMILES string of the molecule is C=C(CBr)C[C@@H](CO[Si](C)(C)C(C)(C)C)O[Si](C)(C)C(C)(C)C. The summed E-state index contributed by atoms with van der Waals surface area (Å²) in [6.45, 7) is 27.7. The predicted molar refractivity (Wildman–Crippen MR) is 113 cm³/mol. The summed E-state index contributed by atoms with van der Waals surface area (Å²) in [5.74, 6) is 0. The Labute approximate surface area is 155 Å². The standard InChI is InChI=1S/C18H39BrO2Si2/c1-15(13-19)12-16(21-23(10,11)18(5,6)7)14-20-22(8,9)17(2,3)4/h16H,1,12-14H2,2-11H3/t16-/m0/s1. The molecule has 0 aromatic rings. The molecular weight excluding hydrogens is 384 g/mol. The Morgan fingerprint density at radius 2 is 1.39 bits per heavy atom. The van der Waals surface area contributed by atoms with Crippen molar-refractivity contribution in [3.05, 3.63) is 12.2 Å². The Kier molecular flexibility index (Phi) is 8.51. The van der Waals surface area contributed by atoms with E-state index in [1.165, 1.54) is 5.57 Å². The molecule has 0 unspecified atom stereocenters. The van der Waals surface area contributed by atoms with Crippen molar-refractivity contribution >= 4 is 32.6 Å². The first-order chi connectivity index (χ1) is 10.0. The zero-order valence-electron chi connectivity index (χ0n) is 17.1. The van der Waals surface area contributed by atoms with E-state index in [9.17, 15) is 0 Å². The first-order valence-corrected chi connectivity index (χ1v) is 15.5. The third kappa shape index (κ3) is 7.55. The van der Waals surface area contributed by atoms with Crippen LogP contribution in [0.4, 0.5) is 0 Å². The van der Waals surface area contributed by atoms with E-state index in [1.54, 1.807) is 0 Å². The summed E-state index contributed by atoms with van der Waals surface area (Å²) < 4.78 is 13.1. The number of halogens is 1. The monoisotopic (exact) mass is 422 g/mol. The van der Waals surface area contributed by atoms with E-state index in [-0.39, 0.29) is 16.2 Å². The van der Waals surface area contributed by atoms with Gasteiger partial charge < -0.3 is 8.85 Å². The van der Waals surface area contributed by atoms with E-state index < -0.39 is 16.6 Å². The number of alkyl halides is 1. The molecule has 0 amide bonds. The minimum absolute atomic E-state index is 0.107. The van der Waals surface area contributed by atoms with Crippen LogP contribution >= 0.6 is 15.9 Å². The third-order valence-corrected chi connectivity index (χ3v) is 15.2. The van der Waals surface area contributed by atoms with E-state index in [2.05, 4.69) is 90.2 Å². The summed E-state index contributed by atoms with van der Waals surface area (Å²) in [5, 5.41) is 1.25. The van der Waals surface area contributed by atoms with Crippen LogP contribution in [0.3, 0.4) is 0 Å². The van der Waals surface area contributed by atoms with Crippen LogP contribution in [0.25, 0.3) is 0 Å². The molecule has 0 spiro atoms. The fourth-order valence-corrected chi connectivity index (χ4v) is 4.23. The molecule has 0 saturated carbocycles. The van der Waals surface area contributed by atoms with Crippen LogP contribution in [-0.4, -0.2) is 34.7 Å². The molecule has 0 bridgehead atoms. The van der Waals surface area contributed by atoms with Gasteiger partial charge in [0.1, 0.15) is 0 Å². The van der Waals surface area contributed by atoms with Crippen LogP contribution < -0.4 is 0 Å². The minimum atomic E-state index is -1.81. The average molecular weight is 424 g/mol. The van der Waals surface area contributed by atoms with Crippen LogP contribution in [0.1, 0.15) is 48.0 Å². The Hall–Kier alpha value is 0.574. The molecule has 1 atom stereocenters. The van der Waals surface area contributed by atoms with Gasteiger partial charge in [-0.1, -0.05) is 69.6 Å². The highest BCUT2D eigenvalue weighted by Gasteiger charge is 2.41. The van der Waals surface area contributed by atoms with Gasteiger partial charge in [-0.15, -0.1) is 0 Å². The van der Waals surface area contributed by atoms with Gasteiger partial charge in [0.05, 0.1) is 12.7 Å². The van der Waals surface area contributed by atoms with Crippen molar-refractivity contribution < 1.29 is 8.85 Å². The molecule has 0 N–H and O–H groups in total. The smallest absolute Gasteiger partial charge is 0.192 e. The lowest BCUT2D eigenvalue weighted by atomic mass is 10.1. The minimum Gasteiger partial charge on any atom is -0.414 e. The van der Waals surface area contributed by atoms with E-state index in [1.807, 2.05) is 0 Å². The van der Waals surface area contributed by atoms with Crippen LogP contribution in [0.15, 0.2) is 12.2 Å². The van der Waals surface area contributed by atoms with Crippen molar-refractivity contribution in [3.8, 4) is 0 Å². The molecular formula is C18H39BrO2Si2. The van der Waals surface area contributed by atoms with Gasteiger partial charge >= 0.3 is 0 Å². The fraction of sp³-hybridized carbons (Fsp3) is 0.889. The van der Waals surface area contributed by atoms with Gasteiger partial charge in [0.15, 0.2) is 16.6 Å². The molecule has 0 aliphatic carbocycles. The summed E-state index contributed by atoms with van der Waals surface area (Å²) in [6, 6.07) is 0. The molecule has 0 aliphatic rings. The summed E-state index contributed by atoms with van der Waals surface area (Å²) in [4.78, 5) is 0. The summed E-state index contributed by atoms with van der Waals surface area (Å²) in [7, 11) is -3.57. The highest BCUT2D eigenvalue weighted by molar-refractivity contribution is 9.09. The van der Waals surface area contributed by atoms with Gasteiger partial charge in [-0.3, -0.25) is 0 Å². The number of hydrogen-bond donors (Lipinski definition) is 0. The normalized spacial score (nSPS) is 15.6. The Balaban J connectivity index is 5.08. The van der Waals surface area contributed by atoms with Crippen molar-refractivity contribution in [2.45, 2.75) is 90.3 Å². The second-order valence-electron chi connectivity index (χ2n) is 9.66. The highest BCUT2D eigenvalue weighted by atomic mass is 79.9. The van der Waals surface area contributed by atoms with E-state index in [0.29, 0.717) is 6.61 Å². The van der Waals surface area contributed by atoms with Gasteiger partial charge in [-0.05, 0) is 42.7 Å². The molecule has 0 fully saturated rings. The van der Waals surface area contributed by atoms with E-state index in [4.69, 9.17) is 8.85 Å². The summed E-state index contributed by atoms with van der Waals surface area (Å²) in [6.07, 6.45) is 0.974. The molecule has 2 nitrogen and oxygen atoms in total. The Morgan fingerprint density at radius 3 is 1.74 bits per heavy atom. The topological polar surface area (TPSA) is 18.5 Å². The largest absolute Gasteiger partial charge is 0.414 e. The highest BCUT2D eigenvalue weighted by Crippen LogP contribution is 2.39. The molecule has 0 heterocycles. The molecule has 23 heavy (non-hydrogen) atoms. The second kappa shape index (κ2) is 8.30. The Morgan fingerprint density at radius 1 is 0.957 bits per heavy atom. The lowest BCUT2D eigenvalue weighted by molar-refractivity contribution is 0.108. The van der Waals surface area contributed by atoms with Gasteiger partial charge in [0.2, 0.25) is 0 Å². The van der Waals surface area contributed by atoms with Crippen molar-refractivity contribution in [1.29, 1.82) is 0 Å². The zero-order valence-corrected chi connectivity index (χ0v) is 20.7. The fourth-order valence-electron chi connectivity index (χ4n) is 1.62. The van der Waals surface area contributed by atoms with Crippen LogP contribution in [0.2, 0.25) is 36.3 Å². The van der Waals surface area contributed by atoms with Crippen molar-refractivity contribution in [2.75, 3.05) is 11.9 Å². The molecule has 0 radical (unpaired) electrons. The first kappa shape index (κ1) is 23.6. The van der Waals surface area contributed by atoms with Crippen LogP contribution in [-0.2, 0) is 8.85 Å². The number of rotatable bonds is 8. The lowest BCUT2D eigenvalue weighted by Gasteiger charge is -2.41. The average Bonchev–Trinajstić information content (AvgIpc) is 2.32. The van der Waals surface area contributed by atoms with Gasteiger partial charge in [-0.2, -0.15) is 0 Å². The van der Waals surface area contributed by atoms with Crippen molar-refractivity contribution in [2.24, 2.45) is 0 Å². The van der Waals surface area contributed by atoms with Gasteiger partial charge in [0, 0.05) is 5.33 Å². The lowest BCUT2D eigenvalue weighted by Crippen LogP contribution is -2.48. The third-order valence-electron chi connectivity index (χ3n) is 5.41. The Bertz CT molecular complexity index is 393. The summed E-state index contributed by atoms with van der Waals surface area (Å²) >= 11 is 3.51. The van der Waals surface area contributed by atoms with Crippen molar-refractivity contribution in [3.63, 3.8) is 0 Å². The van der Waals surface area contributed by atoms with E-state index >= 15 is 0 Å². The van der Waals surface area contributed by atoms with Gasteiger partial charge in [-0.25, -0.2) is 0 Å². The zero-order chi connectivity index (χ0) is 18.7. The van der Waals surface area contributed by atoms with Gasteiger partial charge in [0.25, 0.3) is 0 Å². The molecule has 0 aromatic heterocycles. The molecule has 0 aromatic carbocycles. The van der Waals surface area contributed by atoms with E-state index in [0.717, 1.165) is 11.8 Å². The molecule has 138 valence electrons. The molecule has 0 rings (SSSR count). The quantitative estimate of drug-likeness (QED) is 0.244. The molecule has 5 heteroatoms.